The van der Waals surface area contributed by atoms with E-state index >= 15 is 0 Å². The Morgan fingerprint density at radius 2 is 1.08 bits per heavy atom. The Kier molecular flexibility index (Phi) is 15.3. The summed E-state index contributed by atoms with van der Waals surface area (Å²) >= 11 is 0. The van der Waals surface area contributed by atoms with Crippen molar-refractivity contribution in [2.24, 2.45) is 0 Å². The molecule has 25 heavy (non-hydrogen) atoms. The first-order chi connectivity index (χ1) is 11.0. The van der Waals surface area contributed by atoms with Crippen molar-refractivity contribution in [3.05, 3.63) is 29.8 Å². The minimum absolute atomic E-state index is 0. The summed E-state index contributed by atoms with van der Waals surface area (Å²) in [6.07, 6.45) is 2.51. The monoisotopic (exact) mass is 574 g/mol. The van der Waals surface area contributed by atoms with Crippen molar-refractivity contribution in [3.8, 4) is 0 Å². The van der Waals surface area contributed by atoms with E-state index in [0.717, 1.165) is 4.48 Å². The van der Waals surface area contributed by atoms with E-state index < -0.39 is 0 Å². The standard InChI is InChI=1S/C21H40N2.2HI/c1-7-22(8-2,9-3)19-13-14-20-15-17-21(18-16-20)23(10-4,11-5)12-6;;/h15-18H,7-14,19H2,1-6H3;2*1H/q+2;;/p-2. The van der Waals surface area contributed by atoms with Gasteiger partial charge in [0.15, 0.2) is 0 Å². The van der Waals surface area contributed by atoms with Gasteiger partial charge in [-0.15, -0.1) is 0 Å². The lowest BCUT2D eigenvalue weighted by molar-refractivity contribution is -0.923. The van der Waals surface area contributed by atoms with Gasteiger partial charge in [0.1, 0.15) is 5.69 Å². The summed E-state index contributed by atoms with van der Waals surface area (Å²) in [6, 6.07) is 9.46. The van der Waals surface area contributed by atoms with Crippen LogP contribution in [0.2, 0.25) is 0 Å². The predicted molar refractivity (Wildman–Crippen MR) is 105 cm³/mol. The third-order valence-electron chi connectivity index (χ3n) is 6.41. The molecule has 0 saturated heterocycles. The molecule has 0 spiro atoms. The number of nitrogens with zero attached hydrogens (tertiary/aromatic N) is 2. The average Bonchev–Trinajstić information content (AvgIpc) is 2.62. The van der Waals surface area contributed by atoms with Crippen molar-refractivity contribution in [1.82, 2.24) is 4.48 Å². The summed E-state index contributed by atoms with van der Waals surface area (Å²) in [7, 11) is 0. The molecule has 0 amide bonds. The van der Waals surface area contributed by atoms with Gasteiger partial charge in [-0.25, -0.2) is 0 Å². The van der Waals surface area contributed by atoms with Gasteiger partial charge in [0.25, 0.3) is 0 Å². The van der Waals surface area contributed by atoms with Crippen LogP contribution in [0.5, 0.6) is 0 Å². The molecule has 0 saturated carbocycles. The summed E-state index contributed by atoms with van der Waals surface area (Å²) < 4.78 is 2.36. The molecule has 1 aromatic rings. The molecule has 1 aromatic carbocycles. The van der Waals surface area contributed by atoms with Gasteiger partial charge in [-0.05, 0) is 65.7 Å². The quantitative estimate of drug-likeness (QED) is 0.232. The first kappa shape index (κ1) is 27.8. The molecule has 0 aromatic heterocycles. The minimum atomic E-state index is 0. The van der Waals surface area contributed by atoms with Crippen molar-refractivity contribution in [2.45, 2.75) is 54.4 Å². The van der Waals surface area contributed by atoms with Gasteiger partial charge in [0, 0.05) is 6.42 Å². The van der Waals surface area contributed by atoms with Crippen LogP contribution in [0, 0.1) is 0 Å². The fourth-order valence-corrected chi connectivity index (χ4v) is 3.96. The highest BCUT2D eigenvalue weighted by Gasteiger charge is 2.24. The highest BCUT2D eigenvalue weighted by atomic mass is 127. The maximum Gasteiger partial charge on any atom is 0.132 e. The van der Waals surface area contributed by atoms with Crippen LogP contribution >= 0.6 is 0 Å². The second-order valence-corrected chi connectivity index (χ2v) is 6.88. The fraction of sp³-hybridized carbons (Fsp3) is 0.714. The van der Waals surface area contributed by atoms with Crippen molar-refractivity contribution < 1.29 is 52.4 Å². The first-order valence-electron chi connectivity index (χ1n) is 9.85. The molecular formula is C21H40I2N2. The van der Waals surface area contributed by atoms with Gasteiger partial charge >= 0.3 is 0 Å². The number of quaternary nitrogens is 2. The molecule has 148 valence electrons. The van der Waals surface area contributed by atoms with Crippen molar-refractivity contribution in [2.75, 3.05) is 45.8 Å². The number of aryl methyl sites for hydroxylation is 1. The smallest absolute Gasteiger partial charge is 0.132 e. The van der Waals surface area contributed by atoms with Crippen molar-refractivity contribution in [3.63, 3.8) is 0 Å². The van der Waals surface area contributed by atoms with Gasteiger partial charge < -0.3 is 52.4 Å². The van der Waals surface area contributed by atoms with Gasteiger partial charge in [-0.2, -0.15) is 0 Å². The van der Waals surface area contributed by atoms with E-state index in [1.165, 1.54) is 74.4 Å². The van der Waals surface area contributed by atoms with Crippen LogP contribution in [-0.4, -0.2) is 50.3 Å². The first-order valence-corrected chi connectivity index (χ1v) is 9.85. The van der Waals surface area contributed by atoms with Crippen LogP contribution < -0.4 is 52.4 Å². The van der Waals surface area contributed by atoms with Crippen LogP contribution in [0.4, 0.5) is 5.69 Å². The third-order valence-corrected chi connectivity index (χ3v) is 6.41. The largest absolute Gasteiger partial charge is 1.00 e. The zero-order valence-electron chi connectivity index (χ0n) is 17.3. The van der Waals surface area contributed by atoms with Crippen molar-refractivity contribution >= 4 is 5.69 Å². The molecule has 0 aliphatic rings. The molecule has 0 fully saturated rings. The second-order valence-electron chi connectivity index (χ2n) is 6.88. The van der Waals surface area contributed by atoms with E-state index in [9.17, 15) is 0 Å². The van der Waals surface area contributed by atoms with E-state index in [-0.39, 0.29) is 48.0 Å². The van der Waals surface area contributed by atoms with Crippen molar-refractivity contribution in [1.29, 1.82) is 0 Å². The number of hydrogen-bond donors (Lipinski definition) is 0. The second kappa shape index (κ2) is 13.7. The van der Waals surface area contributed by atoms with Crippen LogP contribution in [0.1, 0.15) is 53.5 Å². The average molecular weight is 574 g/mol. The number of rotatable bonds is 11. The molecule has 2 nitrogen and oxygen atoms in total. The molecule has 0 unspecified atom stereocenters. The third kappa shape index (κ3) is 7.26. The molecule has 0 aliphatic heterocycles. The Morgan fingerprint density at radius 1 is 0.640 bits per heavy atom. The molecule has 0 radical (unpaired) electrons. The van der Waals surface area contributed by atoms with Gasteiger partial charge in [-0.1, -0.05) is 12.1 Å². The summed E-state index contributed by atoms with van der Waals surface area (Å²) in [5.74, 6) is 0. The van der Waals surface area contributed by atoms with Crippen LogP contribution in [0.3, 0.4) is 0 Å². The maximum absolute atomic E-state index is 2.37. The SMILES string of the molecule is CC[N+](CC)(CC)CCCc1ccc([N+](CC)(CC)CC)cc1.[I-].[I-]. The molecule has 0 aliphatic carbocycles. The molecule has 0 atom stereocenters. The number of hydrogen-bond acceptors (Lipinski definition) is 0. The zero-order valence-corrected chi connectivity index (χ0v) is 21.6. The Balaban J connectivity index is 0. The highest BCUT2D eigenvalue weighted by Crippen LogP contribution is 2.23. The molecule has 4 heteroatoms. The highest BCUT2D eigenvalue weighted by molar-refractivity contribution is 5.44. The summed E-state index contributed by atoms with van der Waals surface area (Å²) in [5, 5.41) is 0. The van der Waals surface area contributed by atoms with Gasteiger partial charge in [-0.3, -0.25) is 4.48 Å². The Morgan fingerprint density at radius 3 is 1.44 bits per heavy atom. The Bertz CT molecular complexity index is 421. The topological polar surface area (TPSA) is 0 Å². The Hall–Kier alpha value is 0.600. The van der Waals surface area contributed by atoms with E-state index in [0.29, 0.717) is 0 Å². The van der Waals surface area contributed by atoms with E-state index in [2.05, 4.69) is 65.8 Å². The maximum atomic E-state index is 2.37. The molecule has 1 rings (SSSR count). The fourth-order valence-electron chi connectivity index (χ4n) is 3.96. The molecule has 0 bridgehead atoms. The lowest BCUT2D eigenvalue weighted by Crippen LogP contribution is -3.00. The lowest BCUT2D eigenvalue weighted by Gasteiger charge is -2.36. The lowest BCUT2D eigenvalue weighted by atomic mass is 10.1. The van der Waals surface area contributed by atoms with E-state index in [1.54, 1.807) is 0 Å². The van der Waals surface area contributed by atoms with E-state index in [1.807, 2.05) is 0 Å². The predicted octanol–water partition coefficient (Wildman–Crippen LogP) is -1.13. The number of benzene rings is 1. The van der Waals surface area contributed by atoms with Crippen LogP contribution in [-0.2, 0) is 6.42 Å². The minimum Gasteiger partial charge on any atom is -1.00 e. The zero-order chi connectivity index (χ0) is 17.3. The molecular weight excluding hydrogens is 534 g/mol. The van der Waals surface area contributed by atoms with Crippen LogP contribution in [0.15, 0.2) is 24.3 Å². The molecule has 0 heterocycles. The summed E-state index contributed by atoms with van der Waals surface area (Å²) in [4.78, 5) is 0. The van der Waals surface area contributed by atoms with Gasteiger partial charge in [0.05, 0.1) is 45.8 Å². The summed E-state index contributed by atoms with van der Waals surface area (Å²) in [5.41, 5.74) is 2.97. The number of halogens is 2. The molecule has 0 N–H and O–H groups in total. The Labute approximate surface area is 191 Å². The van der Waals surface area contributed by atoms with Gasteiger partial charge in [0.2, 0.25) is 0 Å². The van der Waals surface area contributed by atoms with E-state index in [4.69, 9.17) is 0 Å². The van der Waals surface area contributed by atoms with Crippen LogP contribution in [0.25, 0.3) is 0 Å². The normalized spacial score (nSPS) is 11.6. The summed E-state index contributed by atoms with van der Waals surface area (Å²) in [6.45, 7) is 22.5.